The van der Waals surface area contributed by atoms with Crippen molar-refractivity contribution < 1.29 is 0 Å². The van der Waals surface area contributed by atoms with E-state index in [-0.39, 0.29) is 0 Å². The lowest BCUT2D eigenvalue weighted by atomic mass is 10.1. The number of hydrogen-bond donors (Lipinski definition) is 1. The molecule has 14 heavy (non-hydrogen) atoms. The fourth-order valence-corrected chi connectivity index (χ4v) is 2.64. The second-order valence-electron chi connectivity index (χ2n) is 4.37. The van der Waals surface area contributed by atoms with Gasteiger partial charge in [0.25, 0.3) is 0 Å². The average Bonchev–Trinajstić information content (AvgIpc) is 2.85. The number of nitrogens with zero attached hydrogens (tertiary/aromatic N) is 2. The topological polar surface area (TPSA) is 29.9 Å². The van der Waals surface area contributed by atoms with E-state index < -0.39 is 0 Å². The highest BCUT2D eigenvalue weighted by Crippen LogP contribution is 2.25. The SMILES string of the molecule is c1nc([C@@H]2CCCN2)n2c1CCCC2. The number of aromatic nitrogens is 2. The number of imidazole rings is 1. The van der Waals surface area contributed by atoms with E-state index in [1.807, 2.05) is 0 Å². The summed E-state index contributed by atoms with van der Waals surface area (Å²) in [6.45, 7) is 2.34. The van der Waals surface area contributed by atoms with Crippen molar-refractivity contribution in [1.29, 1.82) is 0 Å². The molecule has 2 aliphatic rings. The highest BCUT2D eigenvalue weighted by molar-refractivity contribution is 5.11. The Hall–Kier alpha value is -0.830. The first-order valence-corrected chi connectivity index (χ1v) is 5.73. The van der Waals surface area contributed by atoms with Crippen molar-refractivity contribution in [3.8, 4) is 0 Å². The van der Waals surface area contributed by atoms with Gasteiger partial charge in [0.2, 0.25) is 0 Å². The first kappa shape index (κ1) is 8.48. The zero-order valence-corrected chi connectivity index (χ0v) is 8.50. The fraction of sp³-hybridized carbons (Fsp3) is 0.727. The summed E-state index contributed by atoms with van der Waals surface area (Å²) in [4.78, 5) is 4.58. The van der Waals surface area contributed by atoms with Crippen LogP contribution >= 0.6 is 0 Å². The van der Waals surface area contributed by atoms with Gasteiger partial charge in [-0.15, -0.1) is 0 Å². The van der Waals surface area contributed by atoms with Gasteiger partial charge in [-0.3, -0.25) is 0 Å². The lowest BCUT2D eigenvalue weighted by molar-refractivity contribution is 0.480. The highest BCUT2D eigenvalue weighted by atomic mass is 15.1. The van der Waals surface area contributed by atoms with Gasteiger partial charge in [-0.2, -0.15) is 0 Å². The first-order valence-electron chi connectivity index (χ1n) is 5.73. The monoisotopic (exact) mass is 191 g/mol. The molecule has 0 aromatic carbocycles. The van der Waals surface area contributed by atoms with E-state index in [1.165, 1.54) is 50.2 Å². The van der Waals surface area contributed by atoms with Crippen molar-refractivity contribution in [2.45, 2.75) is 44.7 Å². The molecule has 1 N–H and O–H groups in total. The summed E-state index contributed by atoms with van der Waals surface area (Å²) in [6.07, 6.45) is 8.52. The number of aryl methyl sites for hydroxylation is 1. The van der Waals surface area contributed by atoms with E-state index in [1.54, 1.807) is 0 Å². The molecule has 0 bridgehead atoms. The van der Waals surface area contributed by atoms with Crippen molar-refractivity contribution >= 4 is 0 Å². The minimum atomic E-state index is 0.529. The Morgan fingerprint density at radius 3 is 3.21 bits per heavy atom. The maximum absolute atomic E-state index is 4.58. The number of hydrogen-bond acceptors (Lipinski definition) is 2. The van der Waals surface area contributed by atoms with Crippen molar-refractivity contribution in [1.82, 2.24) is 14.9 Å². The standard InChI is InChI=1S/C11H17N3/c1-2-7-14-9(4-1)8-13-11(14)10-5-3-6-12-10/h8,10,12H,1-7H2/t10-/m0/s1. The predicted octanol–water partition coefficient (Wildman–Crippen LogP) is 1.64. The molecule has 3 heteroatoms. The Labute approximate surface area is 84.5 Å². The van der Waals surface area contributed by atoms with E-state index in [9.17, 15) is 0 Å². The third-order valence-corrected chi connectivity index (χ3v) is 3.41. The smallest absolute Gasteiger partial charge is 0.126 e. The van der Waals surface area contributed by atoms with Gasteiger partial charge in [-0.05, 0) is 38.6 Å². The van der Waals surface area contributed by atoms with Gasteiger partial charge < -0.3 is 9.88 Å². The Morgan fingerprint density at radius 2 is 2.36 bits per heavy atom. The Kier molecular flexibility index (Phi) is 2.05. The number of rotatable bonds is 1. The van der Waals surface area contributed by atoms with Crippen LogP contribution < -0.4 is 5.32 Å². The first-order chi connectivity index (χ1) is 6.95. The predicted molar refractivity (Wildman–Crippen MR) is 55.1 cm³/mol. The molecule has 0 spiro atoms. The third-order valence-electron chi connectivity index (χ3n) is 3.41. The minimum absolute atomic E-state index is 0.529. The molecule has 3 heterocycles. The van der Waals surface area contributed by atoms with Crippen LogP contribution in [0.1, 0.15) is 43.2 Å². The summed E-state index contributed by atoms with van der Waals surface area (Å²) < 4.78 is 2.44. The molecule has 0 saturated carbocycles. The molecule has 3 rings (SSSR count). The number of fused-ring (bicyclic) bond motifs is 1. The van der Waals surface area contributed by atoms with Gasteiger partial charge in [0.1, 0.15) is 5.82 Å². The quantitative estimate of drug-likeness (QED) is 0.731. The van der Waals surface area contributed by atoms with Crippen LogP contribution in [0.4, 0.5) is 0 Å². The molecular formula is C11H17N3. The molecule has 3 nitrogen and oxygen atoms in total. The minimum Gasteiger partial charge on any atom is -0.331 e. The second-order valence-corrected chi connectivity index (χ2v) is 4.37. The molecule has 2 aliphatic heterocycles. The van der Waals surface area contributed by atoms with Crippen LogP contribution in [-0.2, 0) is 13.0 Å². The summed E-state index contributed by atoms with van der Waals surface area (Å²) in [7, 11) is 0. The molecule has 0 unspecified atom stereocenters. The Morgan fingerprint density at radius 1 is 1.36 bits per heavy atom. The van der Waals surface area contributed by atoms with E-state index >= 15 is 0 Å². The summed E-state index contributed by atoms with van der Waals surface area (Å²) in [5.41, 5.74) is 1.44. The Balaban J connectivity index is 1.93. The summed E-state index contributed by atoms with van der Waals surface area (Å²) >= 11 is 0. The molecule has 0 aliphatic carbocycles. The summed E-state index contributed by atoms with van der Waals surface area (Å²) in [5, 5.41) is 3.53. The van der Waals surface area contributed by atoms with Crippen LogP contribution in [0.5, 0.6) is 0 Å². The molecule has 1 atom stereocenters. The van der Waals surface area contributed by atoms with E-state index in [0.717, 1.165) is 6.54 Å². The van der Waals surface area contributed by atoms with E-state index in [4.69, 9.17) is 0 Å². The maximum atomic E-state index is 4.58. The van der Waals surface area contributed by atoms with Gasteiger partial charge in [-0.1, -0.05) is 0 Å². The lowest BCUT2D eigenvalue weighted by Crippen LogP contribution is -2.20. The molecule has 0 amide bonds. The van der Waals surface area contributed by atoms with Crippen molar-refractivity contribution in [2.24, 2.45) is 0 Å². The third kappa shape index (κ3) is 1.27. The molecule has 1 fully saturated rings. The van der Waals surface area contributed by atoms with E-state index in [2.05, 4.69) is 21.1 Å². The maximum Gasteiger partial charge on any atom is 0.126 e. The van der Waals surface area contributed by atoms with Gasteiger partial charge in [-0.25, -0.2) is 4.98 Å². The Bertz CT molecular complexity index is 323. The molecule has 1 saturated heterocycles. The highest BCUT2D eigenvalue weighted by Gasteiger charge is 2.23. The van der Waals surface area contributed by atoms with Crippen molar-refractivity contribution in [2.75, 3.05) is 6.54 Å². The van der Waals surface area contributed by atoms with Crippen molar-refractivity contribution in [3.63, 3.8) is 0 Å². The largest absolute Gasteiger partial charge is 0.331 e. The molecule has 1 aromatic heterocycles. The second kappa shape index (κ2) is 3.39. The molecular weight excluding hydrogens is 174 g/mol. The van der Waals surface area contributed by atoms with Crippen LogP contribution in [0.3, 0.4) is 0 Å². The van der Waals surface area contributed by atoms with Crippen LogP contribution in [0, 0.1) is 0 Å². The van der Waals surface area contributed by atoms with Gasteiger partial charge in [0, 0.05) is 18.4 Å². The van der Waals surface area contributed by atoms with Gasteiger partial charge >= 0.3 is 0 Å². The average molecular weight is 191 g/mol. The fourth-order valence-electron chi connectivity index (χ4n) is 2.64. The van der Waals surface area contributed by atoms with Gasteiger partial charge in [0.15, 0.2) is 0 Å². The zero-order chi connectivity index (χ0) is 9.38. The van der Waals surface area contributed by atoms with E-state index in [0.29, 0.717) is 6.04 Å². The van der Waals surface area contributed by atoms with Crippen LogP contribution in [-0.4, -0.2) is 16.1 Å². The normalized spacial score (nSPS) is 26.4. The molecule has 1 aromatic rings. The molecule has 76 valence electrons. The zero-order valence-electron chi connectivity index (χ0n) is 8.50. The summed E-state index contributed by atoms with van der Waals surface area (Å²) in [6, 6.07) is 0.529. The van der Waals surface area contributed by atoms with Crippen LogP contribution in [0.2, 0.25) is 0 Å². The number of nitrogens with one attached hydrogen (secondary N) is 1. The van der Waals surface area contributed by atoms with Crippen LogP contribution in [0.15, 0.2) is 6.20 Å². The summed E-state index contributed by atoms with van der Waals surface area (Å²) in [5.74, 6) is 1.29. The van der Waals surface area contributed by atoms with Crippen molar-refractivity contribution in [3.05, 3.63) is 17.7 Å². The molecule has 0 radical (unpaired) electrons. The van der Waals surface area contributed by atoms with Crippen LogP contribution in [0.25, 0.3) is 0 Å². The lowest BCUT2D eigenvalue weighted by Gasteiger charge is -2.19. The van der Waals surface area contributed by atoms with Gasteiger partial charge in [0.05, 0.1) is 6.04 Å².